The lowest BCUT2D eigenvalue weighted by Crippen LogP contribution is -2.37. The fraction of sp³-hybridized carbons (Fsp3) is 0.500. The summed E-state index contributed by atoms with van der Waals surface area (Å²) in [6.07, 6.45) is 1.02. The van der Waals surface area contributed by atoms with Gasteiger partial charge in [0.05, 0.1) is 12.5 Å². The van der Waals surface area contributed by atoms with E-state index in [1.807, 2.05) is 6.92 Å². The normalized spacial score (nSPS) is 19.7. The molecule has 7 heteroatoms. The molecule has 1 aromatic rings. The number of aliphatic carboxylic acids is 1. The molecule has 7 nitrogen and oxygen atoms in total. The maximum Gasteiger partial charge on any atom is 0.305 e. The number of amides is 2. The van der Waals surface area contributed by atoms with E-state index in [1.54, 1.807) is 31.4 Å². The Balaban J connectivity index is 2.18. The van der Waals surface area contributed by atoms with Gasteiger partial charge < -0.3 is 20.1 Å². The lowest BCUT2D eigenvalue weighted by molar-refractivity contribution is -0.138. The number of methoxy groups -OCH3 is 1. The Morgan fingerprint density at radius 1 is 1.32 bits per heavy atom. The lowest BCUT2D eigenvalue weighted by Gasteiger charge is -2.23. The summed E-state index contributed by atoms with van der Waals surface area (Å²) in [6, 6.07) is 6.08. The molecule has 0 saturated carbocycles. The van der Waals surface area contributed by atoms with E-state index >= 15 is 0 Å². The van der Waals surface area contributed by atoms with Crippen molar-refractivity contribution in [3.63, 3.8) is 0 Å². The van der Waals surface area contributed by atoms with Crippen molar-refractivity contribution in [2.24, 2.45) is 0 Å². The molecule has 1 heterocycles. The first-order valence-electron chi connectivity index (χ1n) is 8.40. The minimum atomic E-state index is -0.952. The molecule has 0 bridgehead atoms. The lowest BCUT2D eigenvalue weighted by atomic mass is 10.1. The Labute approximate surface area is 147 Å². The van der Waals surface area contributed by atoms with Gasteiger partial charge in [-0.15, -0.1) is 0 Å². The molecule has 1 saturated heterocycles. The largest absolute Gasteiger partial charge is 0.481 e. The van der Waals surface area contributed by atoms with Gasteiger partial charge in [-0.25, -0.2) is 0 Å². The van der Waals surface area contributed by atoms with E-state index in [2.05, 4.69) is 5.32 Å². The van der Waals surface area contributed by atoms with Gasteiger partial charge in [0.1, 0.15) is 0 Å². The molecule has 2 unspecified atom stereocenters. The predicted molar refractivity (Wildman–Crippen MR) is 91.6 cm³/mol. The molecule has 2 rings (SSSR count). The summed E-state index contributed by atoms with van der Waals surface area (Å²) in [5.74, 6) is -1.46. The second-order valence-corrected chi connectivity index (χ2v) is 6.14. The zero-order chi connectivity index (χ0) is 18.4. The Kier molecular flexibility index (Phi) is 6.52. The quantitative estimate of drug-likeness (QED) is 0.779. The Morgan fingerprint density at radius 3 is 2.68 bits per heavy atom. The van der Waals surface area contributed by atoms with Gasteiger partial charge in [0.25, 0.3) is 11.8 Å². The van der Waals surface area contributed by atoms with Gasteiger partial charge in [0, 0.05) is 37.4 Å². The van der Waals surface area contributed by atoms with Crippen LogP contribution in [0.25, 0.3) is 0 Å². The van der Waals surface area contributed by atoms with E-state index in [9.17, 15) is 14.4 Å². The maximum atomic E-state index is 12.8. The van der Waals surface area contributed by atoms with Crippen LogP contribution in [0.4, 0.5) is 0 Å². The molecule has 25 heavy (non-hydrogen) atoms. The highest BCUT2D eigenvalue weighted by molar-refractivity contribution is 6.00. The number of hydrogen-bond acceptors (Lipinski definition) is 4. The topological polar surface area (TPSA) is 95.9 Å². The second-order valence-electron chi connectivity index (χ2n) is 6.14. The number of likely N-dealkylation sites (tertiary alicyclic amines) is 1. The number of carbonyl (C=O) groups is 3. The van der Waals surface area contributed by atoms with Crippen molar-refractivity contribution in [1.82, 2.24) is 10.2 Å². The van der Waals surface area contributed by atoms with Crippen molar-refractivity contribution in [2.45, 2.75) is 38.3 Å². The summed E-state index contributed by atoms with van der Waals surface area (Å²) < 4.78 is 5.29. The molecular weight excluding hydrogens is 324 g/mol. The van der Waals surface area contributed by atoms with Crippen LogP contribution in [0.2, 0.25) is 0 Å². The van der Waals surface area contributed by atoms with Crippen molar-refractivity contribution >= 4 is 17.8 Å². The number of nitrogens with zero attached hydrogens (tertiary/aromatic N) is 1. The molecule has 2 atom stereocenters. The summed E-state index contributed by atoms with van der Waals surface area (Å²) in [5.41, 5.74) is 0.785. The fourth-order valence-electron chi connectivity index (χ4n) is 2.99. The minimum absolute atomic E-state index is 0.123. The maximum absolute atomic E-state index is 12.8. The molecule has 0 spiro atoms. The Morgan fingerprint density at radius 2 is 2.04 bits per heavy atom. The zero-order valence-electron chi connectivity index (χ0n) is 14.5. The van der Waals surface area contributed by atoms with Gasteiger partial charge in [0.2, 0.25) is 0 Å². The molecule has 1 aromatic carbocycles. The monoisotopic (exact) mass is 348 g/mol. The van der Waals surface area contributed by atoms with E-state index in [-0.39, 0.29) is 24.3 Å². The number of hydrogen-bond donors (Lipinski definition) is 2. The predicted octanol–water partition coefficient (Wildman–Crippen LogP) is 1.53. The van der Waals surface area contributed by atoms with E-state index in [4.69, 9.17) is 9.84 Å². The van der Waals surface area contributed by atoms with Gasteiger partial charge in [-0.05, 0) is 31.0 Å². The first-order valence-corrected chi connectivity index (χ1v) is 8.40. The van der Waals surface area contributed by atoms with Crippen molar-refractivity contribution < 1.29 is 24.2 Å². The average Bonchev–Trinajstić information content (AvgIpc) is 3.01. The zero-order valence-corrected chi connectivity index (χ0v) is 14.5. The van der Waals surface area contributed by atoms with Gasteiger partial charge in [-0.3, -0.25) is 14.4 Å². The summed E-state index contributed by atoms with van der Waals surface area (Å²) >= 11 is 0. The number of rotatable bonds is 7. The standard InChI is InChI=1S/C18H24N2O5/c1-3-7-19-17(23)12-5-4-6-13(8-12)18(24)20-11-15(25-2)9-14(20)10-16(21)22/h4-6,8,14-15H,3,7,9-11H2,1-2H3,(H,19,23)(H,21,22). The van der Waals surface area contributed by atoms with Gasteiger partial charge in [-0.1, -0.05) is 13.0 Å². The number of ether oxygens (including phenoxy) is 1. The van der Waals surface area contributed by atoms with Crippen molar-refractivity contribution in [3.05, 3.63) is 35.4 Å². The summed E-state index contributed by atoms with van der Waals surface area (Å²) in [4.78, 5) is 37.5. The van der Waals surface area contributed by atoms with Crippen LogP contribution >= 0.6 is 0 Å². The molecule has 2 amide bonds. The number of carboxylic acids is 1. The number of benzene rings is 1. The summed E-state index contributed by atoms with van der Waals surface area (Å²) in [5, 5.41) is 11.8. The van der Waals surface area contributed by atoms with Crippen LogP contribution in [0.15, 0.2) is 24.3 Å². The molecule has 136 valence electrons. The first kappa shape index (κ1) is 18.9. The SMILES string of the molecule is CCCNC(=O)c1cccc(C(=O)N2CC(OC)CC2CC(=O)O)c1. The van der Waals surface area contributed by atoms with Crippen LogP contribution in [-0.4, -0.2) is 60.1 Å². The molecule has 1 aliphatic heterocycles. The third-order valence-electron chi connectivity index (χ3n) is 4.29. The number of nitrogens with one attached hydrogen (secondary N) is 1. The minimum Gasteiger partial charge on any atom is -0.481 e. The van der Waals surface area contributed by atoms with Crippen LogP contribution in [0.3, 0.4) is 0 Å². The van der Waals surface area contributed by atoms with E-state index < -0.39 is 12.0 Å². The van der Waals surface area contributed by atoms with Gasteiger partial charge in [0.15, 0.2) is 0 Å². The Hall–Kier alpha value is -2.41. The molecular formula is C18H24N2O5. The fourth-order valence-corrected chi connectivity index (χ4v) is 2.99. The highest BCUT2D eigenvalue weighted by Crippen LogP contribution is 2.25. The van der Waals surface area contributed by atoms with E-state index in [0.717, 1.165) is 6.42 Å². The van der Waals surface area contributed by atoms with Crippen LogP contribution in [0.5, 0.6) is 0 Å². The number of carboxylic acid groups (broad SMARTS) is 1. The van der Waals surface area contributed by atoms with Crippen LogP contribution < -0.4 is 5.32 Å². The highest BCUT2D eigenvalue weighted by Gasteiger charge is 2.37. The Bertz CT molecular complexity index is 646. The van der Waals surface area contributed by atoms with E-state index in [1.165, 1.54) is 4.90 Å². The third kappa shape index (κ3) is 4.79. The molecule has 0 aromatic heterocycles. The molecule has 0 radical (unpaired) electrons. The molecule has 1 aliphatic rings. The second kappa shape index (κ2) is 8.62. The summed E-state index contributed by atoms with van der Waals surface area (Å²) in [7, 11) is 1.55. The summed E-state index contributed by atoms with van der Waals surface area (Å²) in [6.45, 7) is 2.88. The van der Waals surface area contributed by atoms with Gasteiger partial charge >= 0.3 is 5.97 Å². The smallest absolute Gasteiger partial charge is 0.305 e. The third-order valence-corrected chi connectivity index (χ3v) is 4.29. The average molecular weight is 348 g/mol. The van der Waals surface area contributed by atoms with Crippen LogP contribution in [0, 0.1) is 0 Å². The van der Waals surface area contributed by atoms with Crippen molar-refractivity contribution in [1.29, 1.82) is 0 Å². The highest BCUT2D eigenvalue weighted by atomic mass is 16.5. The van der Waals surface area contributed by atoms with Crippen molar-refractivity contribution in [2.75, 3.05) is 20.2 Å². The molecule has 1 fully saturated rings. The molecule has 0 aliphatic carbocycles. The van der Waals surface area contributed by atoms with Crippen LogP contribution in [0.1, 0.15) is 46.9 Å². The van der Waals surface area contributed by atoms with Gasteiger partial charge in [-0.2, -0.15) is 0 Å². The van der Waals surface area contributed by atoms with Crippen LogP contribution in [-0.2, 0) is 9.53 Å². The van der Waals surface area contributed by atoms with Crippen molar-refractivity contribution in [3.8, 4) is 0 Å². The molecule has 2 N–H and O–H groups in total. The number of carbonyl (C=O) groups excluding carboxylic acids is 2. The van der Waals surface area contributed by atoms with E-state index in [0.29, 0.717) is 30.6 Å². The first-order chi connectivity index (χ1) is 12.0.